The Morgan fingerprint density at radius 1 is 1.12 bits per heavy atom. The average molecular weight is 320 g/mol. The molecule has 0 radical (unpaired) electrons. The molecule has 0 saturated heterocycles. The third kappa shape index (κ3) is 2.10. The first-order valence-corrected chi connectivity index (χ1v) is 8.78. The van der Waals surface area contributed by atoms with Gasteiger partial charge in [0.05, 0.1) is 0 Å². The minimum Gasteiger partial charge on any atom is -0.267 e. The number of fused-ring (bicyclic) bond motifs is 3. The summed E-state index contributed by atoms with van der Waals surface area (Å²) >= 11 is 0. The van der Waals surface area contributed by atoms with Gasteiger partial charge >= 0.3 is 0 Å². The van der Waals surface area contributed by atoms with Gasteiger partial charge in [0.15, 0.2) is 0 Å². The summed E-state index contributed by atoms with van der Waals surface area (Å²) in [6, 6.07) is 13.8. The third-order valence-corrected chi connectivity index (χ3v) is 6.82. The van der Waals surface area contributed by atoms with Crippen LogP contribution in [0.1, 0.15) is 50.4 Å². The number of hydrazone groups is 1. The van der Waals surface area contributed by atoms with E-state index in [1.807, 2.05) is 36.4 Å². The molecule has 1 amide bonds. The van der Waals surface area contributed by atoms with Gasteiger partial charge in [0.1, 0.15) is 0 Å². The maximum atomic E-state index is 12.5. The van der Waals surface area contributed by atoms with Crippen molar-refractivity contribution >= 4 is 22.4 Å². The molecule has 2 aromatic rings. The van der Waals surface area contributed by atoms with Crippen LogP contribution in [0.2, 0.25) is 0 Å². The lowest BCUT2D eigenvalue weighted by molar-refractivity contribution is 0.0954. The SMILES string of the molecule is CC1(C)[C@H]2CC[C@]1(C)/C(=N/NC(=O)c1ccc3ccccc3c1)C2. The molecule has 3 heteroatoms. The number of nitrogens with one attached hydrogen (secondary N) is 1. The Morgan fingerprint density at radius 3 is 2.54 bits per heavy atom. The van der Waals surface area contributed by atoms with Crippen molar-refractivity contribution in [2.45, 2.75) is 40.0 Å². The molecule has 2 saturated carbocycles. The van der Waals surface area contributed by atoms with Crippen molar-refractivity contribution in [2.75, 3.05) is 0 Å². The van der Waals surface area contributed by atoms with Crippen LogP contribution in [-0.2, 0) is 0 Å². The molecule has 124 valence electrons. The molecule has 2 fully saturated rings. The van der Waals surface area contributed by atoms with Gasteiger partial charge < -0.3 is 0 Å². The monoisotopic (exact) mass is 320 g/mol. The number of amides is 1. The lowest BCUT2D eigenvalue weighted by Crippen LogP contribution is -2.34. The first-order chi connectivity index (χ1) is 11.4. The topological polar surface area (TPSA) is 41.5 Å². The van der Waals surface area contributed by atoms with Gasteiger partial charge in [-0.3, -0.25) is 4.79 Å². The smallest absolute Gasteiger partial charge is 0.267 e. The zero-order valence-electron chi connectivity index (χ0n) is 14.6. The molecule has 1 N–H and O–H groups in total. The predicted molar refractivity (Wildman–Crippen MR) is 98.1 cm³/mol. The Hall–Kier alpha value is -2.16. The molecule has 2 aliphatic rings. The van der Waals surface area contributed by atoms with Gasteiger partial charge in [-0.15, -0.1) is 0 Å². The molecule has 3 nitrogen and oxygen atoms in total. The second kappa shape index (κ2) is 5.17. The van der Waals surface area contributed by atoms with E-state index in [1.165, 1.54) is 12.8 Å². The van der Waals surface area contributed by atoms with Gasteiger partial charge in [0.2, 0.25) is 0 Å². The van der Waals surface area contributed by atoms with Gasteiger partial charge in [-0.2, -0.15) is 5.10 Å². The normalized spacial score (nSPS) is 29.3. The van der Waals surface area contributed by atoms with Crippen molar-refractivity contribution in [2.24, 2.45) is 21.8 Å². The van der Waals surface area contributed by atoms with Gasteiger partial charge in [-0.25, -0.2) is 5.43 Å². The quantitative estimate of drug-likeness (QED) is 0.796. The van der Waals surface area contributed by atoms with Crippen molar-refractivity contribution in [3.8, 4) is 0 Å². The summed E-state index contributed by atoms with van der Waals surface area (Å²) < 4.78 is 0. The molecular formula is C21H24N2O. The second-order valence-electron chi connectivity index (χ2n) is 8.05. The van der Waals surface area contributed by atoms with Crippen LogP contribution in [0.5, 0.6) is 0 Å². The zero-order valence-corrected chi connectivity index (χ0v) is 14.6. The highest BCUT2D eigenvalue weighted by atomic mass is 16.2. The van der Waals surface area contributed by atoms with Crippen LogP contribution >= 0.6 is 0 Å². The highest BCUT2D eigenvalue weighted by Crippen LogP contribution is 2.63. The minimum atomic E-state index is -0.127. The highest BCUT2D eigenvalue weighted by Gasteiger charge is 2.59. The summed E-state index contributed by atoms with van der Waals surface area (Å²) in [5, 5.41) is 6.76. The molecule has 2 atom stereocenters. The predicted octanol–water partition coefficient (Wildman–Crippen LogP) is 4.77. The Bertz CT molecular complexity index is 852. The van der Waals surface area contributed by atoms with Crippen molar-refractivity contribution in [1.82, 2.24) is 5.43 Å². The zero-order chi connectivity index (χ0) is 16.9. The molecule has 0 spiro atoms. The van der Waals surface area contributed by atoms with Crippen molar-refractivity contribution < 1.29 is 4.79 Å². The molecule has 0 aliphatic heterocycles. The van der Waals surface area contributed by atoms with E-state index < -0.39 is 0 Å². The Kier molecular flexibility index (Phi) is 3.31. The molecule has 0 heterocycles. The van der Waals surface area contributed by atoms with E-state index in [2.05, 4.69) is 37.4 Å². The number of hydrogen-bond donors (Lipinski definition) is 1. The van der Waals surface area contributed by atoms with E-state index >= 15 is 0 Å². The van der Waals surface area contributed by atoms with Crippen LogP contribution in [0.4, 0.5) is 0 Å². The minimum absolute atomic E-state index is 0.119. The molecular weight excluding hydrogens is 296 g/mol. The van der Waals surface area contributed by atoms with Gasteiger partial charge in [-0.05, 0) is 53.5 Å². The summed E-state index contributed by atoms with van der Waals surface area (Å²) in [5.74, 6) is 0.566. The van der Waals surface area contributed by atoms with Crippen LogP contribution in [-0.4, -0.2) is 11.6 Å². The van der Waals surface area contributed by atoms with Crippen molar-refractivity contribution in [1.29, 1.82) is 0 Å². The highest BCUT2D eigenvalue weighted by molar-refractivity contribution is 6.00. The molecule has 0 unspecified atom stereocenters. The first kappa shape index (κ1) is 15.4. The summed E-state index contributed by atoms with van der Waals surface area (Å²) in [6.45, 7) is 7.00. The number of carbonyl (C=O) groups excluding carboxylic acids is 1. The number of nitrogens with zero attached hydrogens (tertiary/aromatic N) is 1. The number of carbonyl (C=O) groups is 1. The maximum Gasteiger partial charge on any atom is 0.271 e. The molecule has 0 aromatic heterocycles. The maximum absolute atomic E-state index is 12.5. The summed E-state index contributed by atoms with van der Waals surface area (Å²) in [5.41, 5.74) is 5.02. The second-order valence-corrected chi connectivity index (χ2v) is 8.05. The lowest BCUT2D eigenvalue weighted by atomic mass is 9.70. The molecule has 2 aromatic carbocycles. The van der Waals surface area contributed by atoms with E-state index in [1.54, 1.807) is 0 Å². The molecule has 24 heavy (non-hydrogen) atoms. The van der Waals surface area contributed by atoms with E-state index in [0.717, 1.165) is 22.9 Å². The summed E-state index contributed by atoms with van der Waals surface area (Å²) in [6.07, 6.45) is 3.47. The molecule has 2 aliphatic carbocycles. The first-order valence-electron chi connectivity index (χ1n) is 8.78. The number of hydrogen-bond acceptors (Lipinski definition) is 2. The number of benzene rings is 2. The third-order valence-electron chi connectivity index (χ3n) is 6.82. The van der Waals surface area contributed by atoms with E-state index in [4.69, 9.17) is 0 Å². The fourth-order valence-corrected chi connectivity index (χ4v) is 4.61. The van der Waals surface area contributed by atoms with Crippen LogP contribution in [0.25, 0.3) is 10.8 Å². The summed E-state index contributed by atoms with van der Waals surface area (Å²) in [7, 11) is 0. The lowest BCUT2D eigenvalue weighted by Gasteiger charge is -2.34. The van der Waals surface area contributed by atoms with Crippen LogP contribution in [0.3, 0.4) is 0 Å². The number of rotatable bonds is 2. The fraction of sp³-hybridized carbons (Fsp3) is 0.429. The van der Waals surface area contributed by atoms with E-state index in [9.17, 15) is 4.79 Å². The van der Waals surface area contributed by atoms with Crippen LogP contribution in [0.15, 0.2) is 47.6 Å². The van der Waals surface area contributed by atoms with E-state index in [-0.39, 0.29) is 16.7 Å². The largest absolute Gasteiger partial charge is 0.271 e. The fourth-order valence-electron chi connectivity index (χ4n) is 4.61. The van der Waals surface area contributed by atoms with Crippen molar-refractivity contribution in [3.63, 3.8) is 0 Å². The Labute approximate surface area is 143 Å². The summed E-state index contributed by atoms with van der Waals surface area (Å²) in [4.78, 5) is 12.5. The Balaban J connectivity index is 1.56. The van der Waals surface area contributed by atoms with E-state index in [0.29, 0.717) is 11.5 Å². The molecule has 2 bridgehead atoms. The standard InChI is InChI=1S/C21H24N2O/c1-20(2)17-10-11-21(20,3)18(13-17)22-23-19(24)16-9-8-14-6-4-5-7-15(14)12-16/h4-9,12,17H,10-11,13H2,1-3H3,(H,23,24)/b22-18+/t17-,21+/m0/s1. The van der Waals surface area contributed by atoms with Crippen LogP contribution < -0.4 is 5.43 Å². The average Bonchev–Trinajstić information content (AvgIpc) is 2.92. The van der Waals surface area contributed by atoms with Crippen LogP contribution in [0, 0.1) is 16.7 Å². The Morgan fingerprint density at radius 2 is 1.88 bits per heavy atom. The van der Waals surface area contributed by atoms with Gasteiger partial charge in [0.25, 0.3) is 5.91 Å². The van der Waals surface area contributed by atoms with Crippen molar-refractivity contribution in [3.05, 3.63) is 48.0 Å². The van der Waals surface area contributed by atoms with Gasteiger partial charge in [0, 0.05) is 16.7 Å². The molecule has 4 rings (SSSR count). The van der Waals surface area contributed by atoms with Gasteiger partial charge in [-0.1, -0.05) is 51.1 Å².